The van der Waals surface area contributed by atoms with Gasteiger partial charge in [-0.05, 0) is 48.5 Å². The average molecular weight is 344 g/mol. The first-order valence-corrected chi connectivity index (χ1v) is 7.33. The molecule has 1 heterocycles. The van der Waals surface area contributed by atoms with E-state index in [1.807, 2.05) is 25.1 Å². The molecule has 0 aliphatic heterocycles. The van der Waals surface area contributed by atoms with Crippen LogP contribution < -0.4 is 5.32 Å². The molecule has 1 aromatic heterocycles. The number of halogens is 2. The summed E-state index contributed by atoms with van der Waals surface area (Å²) in [5.41, 5.74) is 2.86. The summed E-state index contributed by atoms with van der Waals surface area (Å²) in [6, 6.07) is 5.87. The van der Waals surface area contributed by atoms with Crippen LogP contribution in [0, 0.1) is 6.92 Å². The lowest BCUT2D eigenvalue weighted by molar-refractivity contribution is 0.579. The van der Waals surface area contributed by atoms with Gasteiger partial charge < -0.3 is 5.32 Å². The van der Waals surface area contributed by atoms with E-state index in [4.69, 9.17) is 11.6 Å². The van der Waals surface area contributed by atoms with Gasteiger partial charge in [-0.1, -0.05) is 29.8 Å². The molecule has 0 aliphatic rings. The topological polar surface area (TPSA) is 42.7 Å². The van der Waals surface area contributed by atoms with Gasteiger partial charge in [0.05, 0.1) is 26.9 Å². The predicted molar refractivity (Wildman–Crippen MR) is 80.9 cm³/mol. The molecule has 0 saturated carbocycles. The van der Waals surface area contributed by atoms with Crippen LogP contribution in [-0.2, 0) is 0 Å². The maximum atomic E-state index is 6.11. The predicted octanol–water partition coefficient (Wildman–Crippen LogP) is 3.66. The first-order chi connectivity index (χ1) is 9.06. The molecule has 0 aliphatic carbocycles. The van der Waals surface area contributed by atoms with Crippen LogP contribution in [0.4, 0.5) is 0 Å². The zero-order valence-electron chi connectivity index (χ0n) is 11.1. The minimum Gasteiger partial charge on any atom is -0.309 e. The van der Waals surface area contributed by atoms with Crippen LogP contribution in [-0.4, -0.2) is 21.5 Å². The van der Waals surface area contributed by atoms with Crippen molar-refractivity contribution in [3.63, 3.8) is 0 Å². The fraction of sp³-hybridized carbons (Fsp3) is 0.385. The third kappa shape index (κ3) is 2.83. The summed E-state index contributed by atoms with van der Waals surface area (Å²) in [5.74, 6) is 0. The molecule has 0 fully saturated rings. The van der Waals surface area contributed by atoms with Crippen LogP contribution in [0.1, 0.15) is 31.3 Å². The van der Waals surface area contributed by atoms with Crippen molar-refractivity contribution in [3.05, 3.63) is 39.1 Å². The van der Waals surface area contributed by atoms with Gasteiger partial charge >= 0.3 is 0 Å². The van der Waals surface area contributed by atoms with Gasteiger partial charge in [0.15, 0.2) is 0 Å². The molecule has 6 heteroatoms. The maximum absolute atomic E-state index is 6.11. The molecule has 2 aromatic rings. The van der Waals surface area contributed by atoms with Crippen molar-refractivity contribution in [2.75, 3.05) is 6.54 Å². The fourth-order valence-electron chi connectivity index (χ4n) is 2.03. The van der Waals surface area contributed by atoms with Crippen molar-refractivity contribution in [3.8, 4) is 5.69 Å². The molecule has 0 radical (unpaired) electrons. The quantitative estimate of drug-likeness (QED) is 0.921. The average Bonchev–Trinajstić information content (AvgIpc) is 2.75. The van der Waals surface area contributed by atoms with Crippen LogP contribution >= 0.6 is 27.5 Å². The SMILES string of the molecule is CCNC(C)c1nnn(-c2cccc(Cl)c2Br)c1C. The van der Waals surface area contributed by atoms with Crippen molar-refractivity contribution in [1.82, 2.24) is 20.3 Å². The molecule has 1 unspecified atom stereocenters. The summed E-state index contributed by atoms with van der Waals surface area (Å²) in [6.07, 6.45) is 0. The van der Waals surface area contributed by atoms with Gasteiger partial charge in [0, 0.05) is 0 Å². The van der Waals surface area contributed by atoms with E-state index >= 15 is 0 Å². The summed E-state index contributed by atoms with van der Waals surface area (Å²) in [6.45, 7) is 7.06. The summed E-state index contributed by atoms with van der Waals surface area (Å²) < 4.78 is 2.63. The molecule has 0 bridgehead atoms. The number of nitrogens with one attached hydrogen (secondary N) is 1. The zero-order chi connectivity index (χ0) is 14.0. The number of hydrogen-bond donors (Lipinski definition) is 1. The number of nitrogens with zero attached hydrogens (tertiary/aromatic N) is 3. The lowest BCUT2D eigenvalue weighted by atomic mass is 10.2. The van der Waals surface area contributed by atoms with E-state index in [2.05, 4.69) is 45.4 Å². The Hall–Kier alpha value is -0.910. The molecule has 1 aromatic carbocycles. The molecule has 0 spiro atoms. The van der Waals surface area contributed by atoms with Crippen LogP contribution in [0.2, 0.25) is 5.02 Å². The van der Waals surface area contributed by atoms with Crippen LogP contribution in [0.25, 0.3) is 5.69 Å². The van der Waals surface area contributed by atoms with E-state index in [-0.39, 0.29) is 6.04 Å². The van der Waals surface area contributed by atoms with E-state index in [0.717, 1.165) is 28.1 Å². The Labute approximate surface area is 126 Å². The highest BCUT2D eigenvalue weighted by Crippen LogP contribution is 2.30. The molecule has 102 valence electrons. The van der Waals surface area contributed by atoms with Crippen LogP contribution in [0.3, 0.4) is 0 Å². The van der Waals surface area contributed by atoms with Gasteiger partial charge in [-0.3, -0.25) is 0 Å². The molecular weight excluding hydrogens is 328 g/mol. The fourth-order valence-corrected chi connectivity index (χ4v) is 2.63. The van der Waals surface area contributed by atoms with Gasteiger partial charge in [-0.2, -0.15) is 0 Å². The van der Waals surface area contributed by atoms with Crippen molar-refractivity contribution in [2.45, 2.75) is 26.8 Å². The summed E-state index contributed by atoms with van der Waals surface area (Å²) >= 11 is 9.61. The van der Waals surface area contributed by atoms with Gasteiger partial charge in [0.2, 0.25) is 0 Å². The monoisotopic (exact) mass is 342 g/mol. The number of aromatic nitrogens is 3. The lowest BCUT2D eigenvalue weighted by Gasteiger charge is -2.11. The van der Waals surface area contributed by atoms with Crippen molar-refractivity contribution >= 4 is 27.5 Å². The summed E-state index contributed by atoms with van der Waals surface area (Å²) in [5, 5.41) is 12.5. The Morgan fingerprint density at radius 2 is 2.21 bits per heavy atom. The van der Waals surface area contributed by atoms with Crippen molar-refractivity contribution in [2.24, 2.45) is 0 Å². The second-order valence-corrected chi connectivity index (χ2v) is 5.52. The van der Waals surface area contributed by atoms with Gasteiger partial charge in [0.25, 0.3) is 0 Å². The third-order valence-corrected chi connectivity index (χ3v) is 4.39. The molecule has 1 atom stereocenters. The molecule has 19 heavy (non-hydrogen) atoms. The Kier molecular flexibility index (Phi) is 4.60. The minimum absolute atomic E-state index is 0.178. The highest BCUT2D eigenvalue weighted by Gasteiger charge is 2.17. The molecule has 1 N–H and O–H groups in total. The van der Waals surface area contributed by atoms with E-state index in [0.29, 0.717) is 5.02 Å². The molecular formula is C13H16BrClN4. The second kappa shape index (κ2) is 6.03. The van der Waals surface area contributed by atoms with Gasteiger partial charge in [-0.25, -0.2) is 4.68 Å². The Bertz CT molecular complexity index is 582. The molecule has 0 saturated heterocycles. The largest absolute Gasteiger partial charge is 0.309 e. The van der Waals surface area contributed by atoms with Crippen molar-refractivity contribution < 1.29 is 0 Å². The highest BCUT2D eigenvalue weighted by atomic mass is 79.9. The normalized spacial score (nSPS) is 12.7. The van der Waals surface area contributed by atoms with Crippen LogP contribution in [0.5, 0.6) is 0 Å². The lowest BCUT2D eigenvalue weighted by Crippen LogP contribution is -2.19. The van der Waals surface area contributed by atoms with Crippen LogP contribution in [0.15, 0.2) is 22.7 Å². The number of hydrogen-bond acceptors (Lipinski definition) is 3. The Balaban J connectivity index is 2.44. The third-order valence-electron chi connectivity index (χ3n) is 3.01. The summed E-state index contributed by atoms with van der Waals surface area (Å²) in [7, 11) is 0. The Morgan fingerprint density at radius 1 is 1.47 bits per heavy atom. The van der Waals surface area contributed by atoms with Gasteiger partial charge in [0.1, 0.15) is 5.69 Å². The van der Waals surface area contributed by atoms with E-state index in [1.165, 1.54) is 0 Å². The van der Waals surface area contributed by atoms with E-state index in [1.54, 1.807) is 4.68 Å². The number of benzene rings is 1. The highest BCUT2D eigenvalue weighted by molar-refractivity contribution is 9.10. The first-order valence-electron chi connectivity index (χ1n) is 6.16. The summed E-state index contributed by atoms with van der Waals surface area (Å²) in [4.78, 5) is 0. The maximum Gasteiger partial charge on any atom is 0.103 e. The standard InChI is InChI=1S/C13H16BrClN4/c1-4-16-8(2)13-9(3)19(18-17-13)11-7-5-6-10(15)12(11)14/h5-8,16H,4H2,1-3H3. The van der Waals surface area contributed by atoms with E-state index < -0.39 is 0 Å². The minimum atomic E-state index is 0.178. The number of rotatable bonds is 4. The molecule has 2 rings (SSSR count). The smallest absolute Gasteiger partial charge is 0.103 e. The second-order valence-electron chi connectivity index (χ2n) is 4.32. The first kappa shape index (κ1) is 14.5. The molecule has 0 amide bonds. The zero-order valence-corrected chi connectivity index (χ0v) is 13.5. The Morgan fingerprint density at radius 3 is 2.89 bits per heavy atom. The van der Waals surface area contributed by atoms with Crippen molar-refractivity contribution in [1.29, 1.82) is 0 Å². The van der Waals surface area contributed by atoms with E-state index in [9.17, 15) is 0 Å². The molecule has 4 nitrogen and oxygen atoms in total. The van der Waals surface area contributed by atoms with Gasteiger partial charge in [-0.15, -0.1) is 5.10 Å².